The average Bonchev–Trinajstić information content (AvgIpc) is 2.41. The van der Waals surface area contributed by atoms with Crippen LogP contribution in [0.3, 0.4) is 0 Å². The lowest BCUT2D eigenvalue weighted by Gasteiger charge is -2.22. The molecule has 1 aromatic rings. The molecule has 0 amide bonds. The molecule has 5 heteroatoms. The SMILES string of the molecule is CCN(CC)CCC(Cc1c(F)cccc1F)NN. The van der Waals surface area contributed by atoms with Crippen molar-refractivity contribution in [1.82, 2.24) is 10.3 Å². The quantitative estimate of drug-likeness (QED) is 0.562. The summed E-state index contributed by atoms with van der Waals surface area (Å²) in [6.07, 6.45) is 1.02. The second-order valence-corrected chi connectivity index (χ2v) is 4.58. The molecule has 0 aliphatic heterocycles. The van der Waals surface area contributed by atoms with Crippen LogP contribution in [0, 0.1) is 11.6 Å². The van der Waals surface area contributed by atoms with E-state index < -0.39 is 11.6 Å². The summed E-state index contributed by atoms with van der Waals surface area (Å²) in [4.78, 5) is 2.25. The molecule has 0 radical (unpaired) electrons. The van der Waals surface area contributed by atoms with Crippen LogP contribution in [0.1, 0.15) is 25.8 Å². The van der Waals surface area contributed by atoms with Crippen molar-refractivity contribution in [2.24, 2.45) is 5.84 Å². The predicted octanol–water partition coefficient (Wildman–Crippen LogP) is 2.07. The molecule has 3 N–H and O–H groups in total. The summed E-state index contributed by atoms with van der Waals surface area (Å²) in [5.74, 6) is 4.45. The number of hydrogen-bond donors (Lipinski definition) is 2. The van der Waals surface area contributed by atoms with Crippen LogP contribution < -0.4 is 11.3 Å². The standard InChI is InChI=1S/C14H23F2N3/c1-3-19(4-2)9-8-11(18-17)10-12-13(15)6-5-7-14(12)16/h5-7,11,18H,3-4,8-10,17H2,1-2H3. The molecule has 0 aromatic heterocycles. The first-order chi connectivity index (χ1) is 9.12. The number of halogens is 2. The van der Waals surface area contributed by atoms with E-state index in [1.807, 2.05) is 0 Å². The minimum absolute atomic E-state index is 0.102. The third-order valence-corrected chi connectivity index (χ3v) is 3.44. The van der Waals surface area contributed by atoms with Gasteiger partial charge in [0.15, 0.2) is 0 Å². The fraction of sp³-hybridized carbons (Fsp3) is 0.571. The number of nitrogens with zero attached hydrogens (tertiary/aromatic N) is 1. The fourth-order valence-electron chi connectivity index (χ4n) is 2.10. The molecule has 0 heterocycles. The van der Waals surface area contributed by atoms with Gasteiger partial charge in [-0.2, -0.15) is 0 Å². The van der Waals surface area contributed by atoms with E-state index in [9.17, 15) is 8.78 Å². The van der Waals surface area contributed by atoms with Crippen molar-refractivity contribution >= 4 is 0 Å². The lowest BCUT2D eigenvalue weighted by molar-refractivity contribution is 0.280. The second-order valence-electron chi connectivity index (χ2n) is 4.58. The molecule has 3 nitrogen and oxygen atoms in total. The Kier molecular flexibility index (Phi) is 6.91. The zero-order valence-electron chi connectivity index (χ0n) is 11.6. The predicted molar refractivity (Wildman–Crippen MR) is 73.6 cm³/mol. The van der Waals surface area contributed by atoms with Gasteiger partial charge in [-0.05, 0) is 44.6 Å². The number of nitrogens with one attached hydrogen (secondary N) is 1. The van der Waals surface area contributed by atoms with E-state index in [-0.39, 0.29) is 18.0 Å². The van der Waals surface area contributed by atoms with Gasteiger partial charge in [-0.3, -0.25) is 11.3 Å². The van der Waals surface area contributed by atoms with Gasteiger partial charge in [-0.1, -0.05) is 19.9 Å². The van der Waals surface area contributed by atoms with E-state index in [4.69, 9.17) is 5.84 Å². The molecular formula is C14H23F2N3. The first-order valence-corrected chi connectivity index (χ1v) is 6.73. The Bertz CT molecular complexity index is 361. The van der Waals surface area contributed by atoms with Gasteiger partial charge >= 0.3 is 0 Å². The summed E-state index contributed by atoms with van der Waals surface area (Å²) < 4.78 is 27.1. The van der Waals surface area contributed by atoms with Gasteiger partial charge in [-0.25, -0.2) is 8.78 Å². The maximum Gasteiger partial charge on any atom is 0.129 e. The lowest BCUT2D eigenvalue weighted by atomic mass is 10.0. The first kappa shape index (κ1) is 16.0. The molecule has 0 fully saturated rings. The highest BCUT2D eigenvalue weighted by molar-refractivity contribution is 5.20. The van der Waals surface area contributed by atoms with Crippen molar-refractivity contribution in [3.63, 3.8) is 0 Å². The summed E-state index contributed by atoms with van der Waals surface area (Å²) in [5, 5.41) is 0. The van der Waals surface area contributed by atoms with E-state index in [0.29, 0.717) is 0 Å². The maximum absolute atomic E-state index is 13.6. The van der Waals surface area contributed by atoms with Gasteiger partial charge in [0.2, 0.25) is 0 Å². The molecule has 0 bridgehead atoms. The van der Waals surface area contributed by atoms with Crippen molar-refractivity contribution in [1.29, 1.82) is 0 Å². The van der Waals surface area contributed by atoms with Gasteiger partial charge < -0.3 is 4.90 Å². The van der Waals surface area contributed by atoms with Crippen molar-refractivity contribution in [3.05, 3.63) is 35.4 Å². The number of hydrazine groups is 1. The summed E-state index contributed by atoms with van der Waals surface area (Å²) in [6.45, 7) is 6.96. The van der Waals surface area contributed by atoms with Crippen LogP contribution in [0.2, 0.25) is 0 Å². The normalized spacial score (nSPS) is 12.9. The first-order valence-electron chi connectivity index (χ1n) is 6.73. The molecule has 1 unspecified atom stereocenters. The van der Waals surface area contributed by atoms with Crippen LogP contribution in [0.25, 0.3) is 0 Å². The van der Waals surface area contributed by atoms with E-state index in [1.54, 1.807) is 0 Å². The molecule has 0 saturated heterocycles. The number of hydrogen-bond acceptors (Lipinski definition) is 3. The van der Waals surface area contributed by atoms with E-state index in [0.717, 1.165) is 26.1 Å². The minimum atomic E-state index is -0.511. The van der Waals surface area contributed by atoms with E-state index >= 15 is 0 Å². The fourth-order valence-corrected chi connectivity index (χ4v) is 2.10. The van der Waals surface area contributed by atoms with Crippen molar-refractivity contribution in [2.75, 3.05) is 19.6 Å². The van der Waals surface area contributed by atoms with Crippen LogP contribution >= 0.6 is 0 Å². The average molecular weight is 271 g/mol. The Morgan fingerprint density at radius 3 is 2.26 bits per heavy atom. The van der Waals surface area contributed by atoms with Gasteiger partial charge in [-0.15, -0.1) is 0 Å². The zero-order valence-corrected chi connectivity index (χ0v) is 11.6. The highest BCUT2D eigenvalue weighted by Crippen LogP contribution is 2.15. The Labute approximate surface area is 113 Å². The topological polar surface area (TPSA) is 41.3 Å². The van der Waals surface area contributed by atoms with Gasteiger partial charge in [0.05, 0.1) is 0 Å². The molecule has 1 aromatic carbocycles. The van der Waals surface area contributed by atoms with E-state index in [2.05, 4.69) is 24.2 Å². The van der Waals surface area contributed by atoms with Crippen molar-refractivity contribution in [2.45, 2.75) is 32.7 Å². The highest BCUT2D eigenvalue weighted by Gasteiger charge is 2.15. The Balaban J connectivity index is 2.61. The van der Waals surface area contributed by atoms with Gasteiger partial charge in [0.1, 0.15) is 11.6 Å². The molecule has 0 aliphatic rings. The minimum Gasteiger partial charge on any atom is -0.304 e. The van der Waals surface area contributed by atoms with Crippen LogP contribution in [0.5, 0.6) is 0 Å². The van der Waals surface area contributed by atoms with E-state index in [1.165, 1.54) is 18.2 Å². The second kappa shape index (κ2) is 8.19. The molecular weight excluding hydrogens is 248 g/mol. The number of nitrogens with two attached hydrogens (primary N) is 1. The summed E-state index contributed by atoms with van der Waals surface area (Å²) in [5.41, 5.74) is 2.75. The monoisotopic (exact) mass is 271 g/mol. The molecule has 0 spiro atoms. The Hall–Kier alpha value is -1.04. The maximum atomic E-state index is 13.6. The molecule has 0 saturated carbocycles. The Morgan fingerprint density at radius 2 is 1.79 bits per heavy atom. The molecule has 1 rings (SSSR count). The molecule has 108 valence electrons. The smallest absolute Gasteiger partial charge is 0.129 e. The zero-order chi connectivity index (χ0) is 14.3. The number of benzene rings is 1. The van der Waals surface area contributed by atoms with Crippen LogP contribution in [0.15, 0.2) is 18.2 Å². The molecule has 1 atom stereocenters. The van der Waals surface area contributed by atoms with Gasteiger partial charge in [0.25, 0.3) is 0 Å². The third kappa shape index (κ3) is 4.86. The van der Waals surface area contributed by atoms with Crippen LogP contribution in [0.4, 0.5) is 8.78 Å². The van der Waals surface area contributed by atoms with Crippen molar-refractivity contribution in [3.8, 4) is 0 Å². The molecule has 19 heavy (non-hydrogen) atoms. The van der Waals surface area contributed by atoms with Gasteiger partial charge in [0, 0.05) is 11.6 Å². The van der Waals surface area contributed by atoms with Crippen LogP contribution in [-0.4, -0.2) is 30.6 Å². The summed E-state index contributed by atoms with van der Waals surface area (Å²) >= 11 is 0. The molecule has 0 aliphatic carbocycles. The summed E-state index contributed by atoms with van der Waals surface area (Å²) in [6, 6.07) is 3.79. The van der Waals surface area contributed by atoms with Crippen molar-refractivity contribution < 1.29 is 8.78 Å². The number of rotatable bonds is 8. The van der Waals surface area contributed by atoms with Crippen LogP contribution in [-0.2, 0) is 6.42 Å². The lowest BCUT2D eigenvalue weighted by Crippen LogP contribution is -2.40. The Morgan fingerprint density at radius 1 is 1.21 bits per heavy atom. The summed E-state index contributed by atoms with van der Waals surface area (Å²) in [7, 11) is 0. The highest BCUT2D eigenvalue weighted by atomic mass is 19.1. The third-order valence-electron chi connectivity index (χ3n) is 3.44. The largest absolute Gasteiger partial charge is 0.304 e.